The molecule has 10 aromatic rings. The van der Waals surface area contributed by atoms with Crippen LogP contribution in [0.3, 0.4) is 0 Å². The fraction of sp³-hybridized carbons (Fsp3) is 0.0164. The zero-order chi connectivity index (χ0) is 42.1. The number of hydrogen-bond acceptors (Lipinski definition) is 0. The second-order valence-corrected chi connectivity index (χ2v) is 17.9. The quantitative estimate of drug-likeness (QED) is 0.157. The Morgan fingerprint density at radius 2 is 0.585 bits per heavy atom. The van der Waals surface area contributed by atoms with E-state index >= 15 is 0 Å². The van der Waals surface area contributed by atoms with Gasteiger partial charge in [0.25, 0.3) is 0 Å². The van der Waals surface area contributed by atoms with Crippen LogP contribution < -0.4 is 10.7 Å². The zero-order valence-corrected chi connectivity index (χ0v) is 35.1. The van der Waals surface area contributed by atoms with E-state index in [1.165, 1.54) is 133 Å². The summed E-state index contributed by atoms with van der Waals surface area (Å²) in [5.41, 5.74) is 22.1. The number of fused-ring (bicyclic) bond motifs is 12. The lowest BCUT2D eigenvalue weighted by Gasteiger charge is -2.41. The van der Waals surface area contributed by atoms with Crippen LogP contribution in [0, 0.1) is 0 Å². The Labute approximate surface area is 374 Å². The molecule has 0 aliphatic carbocycles. The van der Waals surface area contributed by atoms with E-state index in [-0.39, 0.29) is 0 Å². The third kappa shape index (κ3) is 3.82. The van der Waals surface area contributed by atoms with Crippen LogP contribution in [-0.4, -0.2) is 29.7 Å². The minimum absolute atomic E-state index is 0.992. The maximum absolute atomic E-state index is 2.79. The lowest BCUT2D eigenvalue weighted by molar-refractivity contribution is -0.805. The SMILES string of the molecule is c1ccc(C2=C3c4ccccc4C4=[N+]3C35n6c2c2ccccc2c6C(c2ccccc2)=C2c6ccccc6C(=[N+]23)C(c2ccccc2)=c2c3ccccc3c(n25)=C4c2ccccc2)cc1. The molecule has 0 saturated carbocycles. The lowest BCUT2D eigenvalue weighted by Crippen LogP contribution is -2.71. The van der Waals surface area contributed by atoms with Gasteiger partial charge in [-0.05, 0) is 46.5 Å². The van der Waals surface area contributed by atoms with E-state index in [1.54, 1.807) is 0 Å². The van der Waals surface area contributed by atoms with Crippen molar-refractivity contribution in [3.05, 3.63) is 285 Å². The highest BCUT2D eigenvalue weighted by Crippen LogP contribution is 2.60. The largest absolute Gasteiger partial charge is 0.554 e. The first-order valence-corrected chi connectivity index (χ1v) is 22.6. The van der Waals surface area contributed by atoms with Gasteiger partial charge in [0.2, 0.25) is 22.8 Å². The number of nitrogens with zero attached hydrogens (tertiary/aromatic N) is 4. The van der Waals surface area contributed by atoms with Crippen LogP contribution in [0.1, 0.15) is 55.9 Å². The average molecular weight is 825 g/mol. The Hall–Kier alpha value is -8.60. The smallest absolute Gasteiger partial charge is 0.197 e. The lowest BCUT2D eigenvalue weighted by atomic mass is 9.91. The number of benzene rings is 8. The summed E-state index contributed by atoms with van der Waals surface area (Å²) >= 11 is 0. The summed E-state index contributed by atoms with van der Waals surface area (Å²) < 4.78 is 11.2. The molecule has 4 heteroatoms. The van der Waals surface area contributed by atoms with Crippen LogP contribution in [0.15, 0.2) is 218 Å². The molecule has 298 valence electrons. The fourth-order valence-corrected chi connectivity index (χ4v) is 12.7. The van der Waals surface area contributed by atoms with Crippen LogP contribution in [0.5, 0.6) is 0 Å². The number of hydrogen-bond donors (Lipinski definition) is 0. The second-order valence-electron chi connectivity index (χ2n) is 17.9. The summed E-state index contributed by atoms with van der Waals surface area (Å²) in [7, 11) is 0. The topological polar surface area (TPSA) is 15.9 Å². The summed E-state index contributed by atoms with van der Waals surface area (Å²) in [6.07, 6.45) is 0. The molecule has 4 nitrogen and oxygen atoms in total. The number of aromatic nitrogens is 2. The van der Waals surface area contributed by atoms with Crippen molar-refractivity contribution in [1.29, 1.82) is 0 Å². The third-order valence-corrected chi connectivity index (χ3v) is 14.9. The Morgan fingerprint density at radius 3 is 0.969 bits per heavy atom. The molecule has 0 fully saturated rings. The molecular formula is C61H36N4+2. The molecule has 0 saturated heterocycles. The summed E-state index contributed by atoms with van der Waals surface area (Å²) in [6.45, 7) is 0. The molecule has 8 heterocycles. The van der Waals surface area contributed by atoms with E-state index in [1.807, 2.05) is 0 Å². The van der Waals surface area contributed by atoms with E-state index in [2.05, 4.69) is 237 Å². The Kier molecular flexibility index (Phi) is 6.21. The molecule has 1 spiro atoms. The molecular weight excluding hydrogens is 789 g/mol. The highest BCUT2D eigenvalue weighted by Gasteiger charge is 2.76. The van der Waals surface area contributed by atoms with E-state index in [0.717, 1.165) is 0 Å². The highest BCUT2D eigenvalue weighted by atomic mass is 15.6. The molecule has 6 aliphatic rings. The first-order chi connectivity index (χ1) is 32.4. The third-order valence-electron chi connectivity index (χ3n) is 14.9. The predicted octanol–water partition coefficient (Wildman–Crippen LogP) is 10.6. The minimum Gasteiger partial charge on any atom is -0.197 e. The standard InChI is InChI=1S/C61H36N4/c1-5-21-37(22-6-1)49-53-41-29-13-15-31-43(41)55-50(38-23-7-2-8-24-38)57-45-33-17-19-35-47(45)59-52(40-27-11-4-12-28-40)60-48-36-20-18-34-46(48)58-51(39-25-9-3-10-26-39)56-44-32-16-14-30-42(44)54(49)63(56)61(62(53)55,64(57)59)65(58)60/h1-36H/q+2. The molecule has 2 aromatic heterocycles. The van der Waals surface area contributed by atoms with Crippen molar-refractivity contribution >= 4 is 66.7 Å². The van der Waals surface area contributed by atoms with E-state index in [4.69, 9.17) is 0 Å². The summed E-state index contributed by atoms with van der Waals surface area (Å²) in [5.74, 6) is -0.992. The predicted molar refractivity (Wildman–Crippen MR) is 261 cm³/mol. The van der Waals surface area contributed by atoms with E-state index in [9.17, 15) is 0 Å². The molecule has 6 aliphatic heterocycles. The van der Waals surface area contributed by atoms with E-state index in [0.29, 0.717) is 0 Å². The maximum Gasteiger partial charge on any atom is 0.554 e. The molecule has 8 aromatic carbocycles. The summed E-state index contributed by atoms with van der Waals surface area (Å²) in [6, 6.07) is 81.5. The van der Waals surface area contributed by atoms with Gasteiger partial charge in [-0.25, -0.2) is 0 Å². The van der Waals surface area contributed by atoms with Crippen molar-refractivity contribution in [3.8, 4) is 0 Å². The summed E-state index contributed by atoms with van der Waals surface area (Å²) in [5, 5.41) is 7.44. The maximum atomic E-state index is 2.79. The molecule has 0 unspecified atom stereocenters. The Morgan fingerprint density at radius 1 is 0.277 bits per heavy atom. The van der Waals surface area contributed by atoms with Gasteiger partial charge in [0.15, 0.2) is 0 Å². The fourth-order valence-electron chi connectivity index (χ4n) is 12.7. The van der Waals surface area contributed by atoms with Crippen molar-refractivity contribution in [3.63, 3.8) is 0 Å². The van der Waals surface area contributed by atoms with Gasteiger partial charge in [0.05, 0.1) is 66.6 Å². The first-order valence-electron chi connectivity index (χ1n) is 22.6. The molecule has 0 amide bonds. The van der Waals surface area contributed by atoms with Crippen molar-refractivity contribution in [2.75, 3.05) is 0 Å². The van der Waals surface area contributed by atoms with Crippen molar-refractivity contribution in [2.45, 2.75) is 5.91 Å². The van der Waals surface area contributed by atoms with Crippen LogP contribution in [-0.2, 0) is 5.91 Å². The van der Waals surface area contributed by atoms with Gasteiger partial charge in [0, 0.05) is 21.5 Å². The minimum atomic E-state index is -0.992. The van der Waals surface area contributed by atoms with E-state index < -0.39 is 5.91 Å². The molecule has 0 radical (unpaired) electrons. The normalized spacial score (nSPS) is 16.4. The molecule has 65 heavy (non-hydrogen) atoms. The van der Waals surface area contributed by atoms with Gasteiger partial charge in [-0.15, -0.1) is 0 Å². The van der Waals surface area contributed by atoms with Crippen molar-refractivity contribution < 1.29 is 9.15 Å². The van der Waals surface area contributed by atoms with Crippen molar-refractivity contribution in [1.82, 2.24) is 9.13 Å². The van der Waals surface area contributed by atoms with Gasteiger partial charge in [-0.3, -0.25) is 0 Å². The second kappa shape index (κ2) is 11.9. The van der Waals surface area contributed by atoms with Gasteiger partial charge >= 0.3 is 5.91 Å². The van der Waals surface area contributed by atoms with Crippen LogP contribution in [0.25, 0.3) is 55.2 Å². The van der Waals surface area contributed by atoms with Gasteiger partial charge in [-0.1, -0.05) is 203 Å². The first kappa shape index (κ1) is 34.0. The van der Waals surface area contributed by atoms with Crippen LogP contribution in [0.4, 0.5) is 0 Å². The van der Waals surface area contributed by atoms with Gasteiger partial charge in [0.1, 0.15) is 0 Å². The number of rotatable bonds is 4. The Bertz CT molecular complexity index is 3860. The monoisotopic (exact) mass is 824 g/mol. The van der Waals surface area contributed by atoms with Crippen LogP contribution in [0.2, 0.25) is 0 Å². The molecule has 0 bridgehead atoms. The van der Waals surface area contributed by atoms with Gasteiger partial charge < -0.3 is 0 Å². The summed E-state index contributed by atoms with van der Waals surface area (Å²) in [4.78, 5) is 0. The molecule has 0 atom stereocenters. The molecule has 16 rings (SSSR count). The van der Waals surface area contributed by atoms with Gasteiger partial charge in [-0.2, -0.15) is 9.13 Å². The Balaban J connectivity index is 1.30. The average Bonchev–Trinajstić information content (AvgIpc) is 4.12. The zero-order valence-electron chi connectivity index (χ0n) is 35.1. The van der Waals surface area contributed by atoms with Crippen LogP contribution >= 0.6 is 0 Å². The van der Waals surface area contributed by atoms with Crippen molar-refractivity contribution in [2.24, 2.45) is 0 Å². The highest BCUT2D eigenvalue weighted by molar-refractivity contribution is 6.37. The molecule has 0 N–H and O–H groups in total.